The van der Waals surface area contributed by atoms with Gasteiger partial charge in [0.15, 0.2) is 0 Å². The lowest BCUT2D eigenvalue weighted by molar-refractivity contribution is 0.781. The number of allylic oxidation sites excluding steroid dienone is 6. The molecule has 1 heterocycles. The van der Waals surface area contributed by atoms with Crippen molar-refractivity contribution < 1.29 is 0 Å². The Morgan fingerprint density at radius 2 is 1.48 bits per heavy atom. The Labute approximate surface area is 164 Å². The van der Waals surface area contributed by atoms with E-state index >= 15 is 0 Å². The molecule has 2 unspecified atom stereocenters. The fourth-order valence-electron chi connectivity index (χ4n) is 5.35. The van der Waals surface area contributed by atoms with E-state index in [0.717, 1.165) is 0 Å². The van der Waals surface area contributed by atoms with Crippen LogP contribution in [0.1, 0.15) is 34.1 Å². The van der Waals surface area contributed by atoms with E-state index in [1.165, 1.54) is 49.4 Å². The van der Waals surface area contributed by atoms with Gasteiger partial charge in [0, 0.05) is 4.88 Å². The van der Waals surface area contributed by atoms with Crippen LogP contribution >= 0.6 is 11.3 Å². The molecule has 0 amide bonds. The maximum Gasteiger partial charge on any atom is 0.0736 e. The molecule has 27 heavy (non-hydrogen) atoms. The molecule has 0 saturated carbocycles. The largest absolute Gasteiger partial charge is 0.148 e. The molecule has 1 spiro atoms. The van der Waals surface area contributed by atoms with Crippen LogP contribution in [-0.4, -0.2) is 0 Å². The van der Waals surface area contributed by atoms with Crippen LogP contribution in [0.2, 0.25) is 0 Å². The van der Waals surface area contributed by atoms with Crippen molar-refractivity contribution >= 4 is 16.9 Å². The zero-order valence-electron chi connectivity index (χ0n) is 15.5. The van der Waals surface area contributed by atoms with Crippen molar-refractivity contribution in [2.24, 2.45) is 5.92 Å². The first-order valence-corrected chi connectivity index (χ1v) is 10.5. The van der Waals surface area contributed by atoms with Crippen LogP contribution in [0.25, 0.3) is 16.7 Å². The summed E-state index contributed by atoms with van der Waals surface area (Å²) in [5.41, 5.74) is 11.2. The van der Waals surface area contributed by atoms with Gasteiger partial charge in [0.05, 0.1) is 5.41 Å². The van der Waals surface area contributed by atoms with Gasteiger partial charge < -0.3 is 0 Å². The molecule has 0 N–H and O–H groups in total. The highest BCUT2D eigenvalue weighted by Crippen LogP contribution is 2.64. The van der Waals surface area contributed by atoms with Crippen LogP contribution in [0.15, 0.2) is 83.8 Å². The van der Waals surface area contributed by atoms with Crippen LogP contribution < -0.4 is 0 Å². The van der Waals surface area contributed by atoms with Gasteiger partial charge in [0.25, 0.3) is 0 Å². The SMILES string of the molecule is Cc1scc2c1C1(C3=C(C=CC(C)C=C3)c3ccccc31)c1ccccc1-2. The van der Waals surface area contributed by atoms with Crippen LogP contribution in [0.4, 0.5) is 0 Å². The molecule has 2 aromatic carbocycles. The molecule has 2 atom stereocenters. The first kappa shape index (κ1) is 15.4. The van der Waals surface area contributed by atoms with Gasteiger partial charge in [0.1, 0.15) is 0 Å². The molecule has 0 saturated heterocycles. The Balaban J connectivity index is 1.84. The summed E-state index contributed by atoms with van der Waals surface area (Å²) in [5.74, 6) is 0.458. The molecule has 6 rings (SSSR count). The average Bonchev–Trinajstić information content (AvgIpc) is 3.25. The van der Waals surface area contributed by atoms with E-state index in [4.69, 9.17) is 0 Å². The van der Waals surface area contributed by atoms with E-state index in [1.54, 1.807) is 0 Å². The molecular weight excluding hydrogens is 344 g/mol. The van der Waals surface area contributed by atoms with Gasteiger partial charge in [-0.2, -0.15) is 0 Å². The molecule has 3 aliphatic rings. The standard InChI is InChI=1S/C26H20S/c1-16-11-13-20-18-7-3-5-9-22(18)26(24(20)14-12-16)23-10-6-4-8-19(23)21-15-27-17(2)25(21)26/h3-16H,1-2H3. The van der Waals surface area contributed by atoms with E-state index in [0.29, 0.717) is 5.92 Å². The highest BCUT2D eigenvalue weighted by molar-refractivity contribution is 7.10. The molecule has 3 aliphatic carbocycles. The Morgan fingerprint density at radius 3 is 2.30 bits per heavy atom. The molecule has 0 aliphatic heterocycles. The number of fused-ring (bicyclic) bond motifs is 9. The van der Waals surface area contributed by atoms with Gasteiger partial charge in [0.2, 0.25) is 0 Å². The monoisotopic (exact) mass is 364 g/mol. The summed E-state index contributed by atoms with van der Waals surface area (Å²) in [7, 11) is 0. The van der Waals surface area contributed by atoms with Crippen molar-refractivity contribution in [2.45, 2.75) is 19.3 Å². The van der Waals surface area contributed by atoms with Gasteiger partial charge >= 0.3 is 0 Å². The fraction of sp³-hybridized carbons (Fsp3) is 0.154. The second-order valence-corrected chi connectivity index (χ2v) is 8.91. The second kappa shape index (κ2) is 5.21. The van der Waals surface area contributed by atoms with Crippen molar-refractivity contribution in [3.05, 3.63) is 111 Å². The molecule has 130 valence electrons. The minimum atomic E-state index is -0.174. The van der Waals surface area contributed by atoms with Crippen molar-refractivity contribution in [2.75, 3.05) is 0 Å². The molecule has 1 aromatic heterocycles. The third-order valence-electron chi connectivity index (χ3n) is 6.42. The topological polar surface area (TPSA) is 0 Å². The molecule has 0 radical (unpaired) electrons. The van der Waals surface area contributed by atoms with Crippen molar-refractivity contribution in [3.8, 4) is 11.1 Å². The number of hydrogen-bond donors (Lipinski definition) is 0. The zero-order chi connectivity index (χ0) is 18.2. The van der Waals surface area contributed by atoms with E-state index in [1.807, 2.05) is 11.3 Å². The van der Waals surface area contributed by atoms with Crippen LogP contribution in [0.5, 0.6) is 0 Å². The number of aryl methyl sites for hydroxylation is 1. The maximum absolute atomic E-state index is 2.41. The summed E-state index contributed by atoms with van der Waals surface area (Å²) in [6.07, 6.45) is 9.45. The highest BCUT2D eigenvalue weighted by atomic mass is 32.1. The lowest BCUT2D eigenvalue weighted by Gasteiger charge is -2.31. The average molecular weight is 365 g/mol. The summed E-state index contributed by atoms with van der Waals surface area (Å²) in [5, 5.41) is 2.36. The Kier molecular flexibility index (Phi) is 2.97. The van der Waals surface area contributed by atoms with E-state index in [2.05, 4.69) is 92.1 Å². The van der Waals surface area contributed by atoms with Gasteiger partial charge in [-0.3, -0.25) is 0 Å². The van der Waals surface area contributed by atoms with E-state index in [-0.39, 0.29) is 5.41 Å². The minimum Gasteiger partial charge on any atom is -0.148 e. The van der Waals surface area contributed by atoms with Gasteiger partial charge in [-0.25, -0.2) is 0 Å². The predicted molar refractivity (Wildman–Crippen MR) is 115 cm³/mol. The maximum atomic E-state index is 2.41. The van der Waals surface area contributed by atoms with Crippen LogP contribution in [0.3, 0.4) is 0 Å². The van der Waals surface area contributed by atoms with Gasteiger partial charge in [-0.05, 0) is 62.7 Å². The van der Waals surface area contributed by atoms with Crippen LogP contribution in [0, 0.1) is 12.8 Å². The molecule has 1 heteroatoms. The predicted octanol–water partition coefficient (Wildman–Crippen LogP) is 6.90. The summed E-state index contributed by atoms with van der Waals surface area (Å²) in [6.45, 7) is 4.55. The smallest absolute Gasteiger partial charge is 0.0736 e. The molecule has 0 fully saturated rings. The van der Waals surface area contributed by atoms with Crippen molar-refractivity contribution in [3.63, 3.8) is 0 Å². The number of hydrogen-bond acceptors (Lipinski definition) is 1. The minimum absolute atomic E-state index is 0.174. The lowest BCUT2D eigenvalue weighted by Crippen LogP contribution is -2.27. The van der Waals surface area contributed by atoms with Crippen LogP contribution in [-0.2, 0) is 5.41 Å². The Hall–Kier alpha value is -2.64. The molecular formula is C26H20S. The first-order valence-electron chi connectivity index (χ1n) is 9.62. The second-order valence-electron chi connectivity index (χ2n) is 7.83. The zero-order valence-corrected chi connectivity index (χ0v) is 16.3. The number of rotatable bonds is 0. The van der Waals surface area contributed by atoms with Gasteiger partial charge in [-0.1, -0.05) is 79.8 Å². The molecule has 0 nitrogen and oxygen atoms in total. The molecule has 3 aromatic rings. The Morgan fingerprint density at radius 1 is 0.815 bits per heavy atom. The quantitative estimate of drug-likeness (QED) is 0.407. The third kappa shape index (κ3) is 1.74. The fourth-order valence-corrected chi connectivity index (χ4v) is 6.27. The third-order valence-corrected chi connectivity index (χ3v) is 7.33. The number of thiophene rings is 1. The van der Waals surface area contributed by atoms with E-state index in [9.17, 15) is 0 Å². The number of benzene rings is 2. The summed E-state index contributed by atoms with van der Waals surface area (Å²) < 4.78 is 0. The van der Waals surface area contributed by atoms with Gasteiger partial charge in [-0.15, -0.1) is 11.3 Å². The Bertz CT molecular complexity index is 1200. The van der Waals surface area contributed by atoms with E-state index < -0.39 is 0 Å². The highest BCUT2D eigenvalue weighted by Gasteiger charge is 2.53. The molecule has 0 bridgehead atoms. The first-order chi connectivity index (χ1) is 13.2. The summed E-state index contributed by atoms with van der Waals surface area (Å²) >= 11 is 1.89. The van der Waals surface area contributed by atoms with Crippen molar-refractivity contribution in [1.29, 1.82) is 0 Å². The van der Waals surface area contributed by atoms with Crippen molar-refractivity contribution in [1.82, 2.24) is 0 Å². The normalized spacial score (nSPS) is 24.0. The summed E-state index contributed by atoms with van der Waals surface area (Å²) in [4.78, 5) is 1.43. The lowest BCUT2D eigenvalue weighted by atomic mass is 9.69. The summed E-state index contributed by atoms with van der Waals surface area (Å²) in [6, 6.07) is 18.0.